The number of fused-ring (bicyclic) bond motifs is 2. The molecule has 0 aliphatic heterocycles. The Balaban J connectivity index is 1.29. The van der Waals surface area contributed by atoms with Gasteiger partial charge >= 0.3 is 0 Å². The second kappa shape index (κ2) is 7.74. The largest absolute Gasteiger partial charge is 0.360 e. The number of aromatic nitrogens is 1. The van der Waals surface area contributed by atoms with Crippen molar-refractivity contribution in [1.82, 2.24) is 10.5 Å². The molecular weight excluding hydrogens is 342 g/mol. The van der Waals surface area contributed by atoms with Gasteiger partial charge in [-0.1, -0.05) is 5.16 Å². The number of nitrogens with one attached hydrogen (secondary N) is 1. The van der Waals surface area contributed by atoms with Crippen molar-refractivity contribution in [3.8, 4) is 0 Å². The van der Waals surface area contributed by atoms with Crippen LogP contribution in [0.2, 0.25) is 0 Å². The molecule has 6 nitrogen and oxygen atoms in total. The molecule has 1 heterocycles. The molecular formula is C21H31N3O3. The molecule has 1 amide bonds. The van der Waals surface area contributed by atoms with Gasteiger partial charge in [0.1, 0.15) is 11.5 Å². The molecule has 3 N–H and O–H groups in total. The number of carbonyl (C=O) groups excluding carboxylic acids is 2. The third-order valence-corrected chi connectivity index (χ3v) is 6.69. The van der Waals surface area contributed by atoms with Crippen LogP contribution in [0.25, 0.3) is 0 Å². The molecule has 27 heavy (non-hydrogen) atoms. The molecule has 1 aromatic rings. The average molecular weight is 373 g/mol. The maximum Gasteiger partial charge on any atom is 0.221 e. The Morgan fingerprint density at radius 2 is 2.00 bits per heavy atom. The molecule has 3 fully saturated rings. The third kappa shape index (κ3) is 4.42. The van der Waals surface area contributed by atoms with Crippen LogP contribution >= 0.6 is 0 Å². The van der Waals surface area contributed by atoms with E-state index >= 15 is 0 Å². The van der Waals surface area contributed by atoms with Gasteiger partial charge in [0.25, 0.3) is 0 Å². The van der Waals surface area contributed by atoms with E-state index in [-0.39, 0.29) is 23.8 Å². The van der Waals surface area contributed by atoms with E-state index in [0.29, 0.717) is 42.2 Å². The third-order valence-electron chi connectivity index (χ3n) is 6.69. The maximum absolute atomic E-state index is 12.7. The van der Waals surface area contributed by atoms with Crippen molar-refractivity contribution < 1.29 is 14.1 Å². The van der Waals surface area contributed by atoms with Gasteiger partial charge in [0, 0.05) is 36.9 Å². The lowest BCUT2D eigenvalue weighted by atomic mass is 9.64. The molecule has 3 aliphatic rings. The van der Waals surface area contributed by atoms with Crippen LogP contribution in [0.4, 0.5) is 0 Å². The van der Waals surface area contributed by atoms with Crippen molar-refractivity contribution in [2.45, 2.75) is 82.7 Å². The molecule has 148 valence electrons. The summed E-state index contributed by atoms with van der Waals surface area (Å²) in [6, 6.07) is 2.04. The minimum atomic E-state index is -0.0972. The van der Waals surface area contributed by atoms with E-state index in [0.717, 1.165) is 50.7 Å². The average Bonchev–Trinajstić information content (AvgIpc) is 3.35. The number of ketones is 1. The Hall–Kier alpha value is -1.69. The molecule has 1 aromatic heterocycles. The molecule has 4 rings (SSSR count). The van der Waals surface area contributed by atoms with Crippen LogP contribution < -0.4 is 11.1 Å². The molecule has 0 radical (unpaired) electrons. The maximum atomic E-state index is 12.7. The van der Waals surface area contributed by atoms with Gasteiger partial charge in [0.2, 0.25) is 5.91 Å². The lowest BCUT2D eigenvalue weighted by Gasteiger charge is -2.44. The fraction of sp³-hybridized carbons (Fsp3) is 0.762. The summed E-state index contributed by atoms with van der Waals surface area (Å²) in [7, 11) is 0. The van der Waals surface area contributed by atoms with E-state index < -0.39 is 0 Å². The monoisotopic (exact) mass is 373 g/mol. The number of carbonyl (C=O) groups is 2. The zero-order valence-electron chi connectivity index (χ0n) is 16.2. The number of rotatable bonds is 7. The summed E-state index contributed by atoms with van der Waals surface area (Å²) in [5.74, 6) is 3.14. The quantitative estimate of drug-likeness (QED) is 0.715. The molecule has 4 unspecified atom stereocenters. The molecule has 6 heteroatoms. The van der Waals surface area contributed by atoms with E-state index in [1.807, 2.05) is 13.0 Å². The topological polar surface area (TPSA) is 98.2 Å². The first kappa shape index (κ1) is 18.7. The first-order chi connectivity index (χ1) is 13.0. The summed E-state index contributed by atoms with van der Waals surface area (Å²) in [5, 5.41) is 7.21. The van der Waals surface area contributed by atoms with Crippen molar-refractivity contribution in [3.05, 3.63) is 17.5 Å². The van der Waals surface area contributed by atoms with Crippen molar-refractivity contribution in [1.29, 1.82) is 0 Å². The van der Waals surface area contributed by atoms with E-state index in [1.165, 1.54) is 0 Å². The van der Waals surface area contributed by atoms with Gasteiger partial charge in [0.15, 0.2) is 5.78 Å². The molecule has 2 bridgehead atoms. The second-order valence-corrected chi connectivity index (χ2v) is 9.04. The zero-order valence-corrected chi connectivity index (χ0v) is 16.2. The Labute approximate surface area is 160 Å². The number of hydrogen-bond acceptors (Lipinski definition) is 5. The van der Waals surface area contributed by atoms with Crippen LogP contribution in [0.15, 0.2) is 10.6 Å². The van der Waals surface area contributed by atoms with Crippen LogP contribution in [0.1, 0.15) is 86.9 Å². The highest BCUT2D eigenvalue weighted by Gasteiger charge is 2.40. The summed E-state index contributed by atoms with van der Waals surface area (Å²) in [6.07, 6.45) is 8.64. The van der Waals surface area contributed by atoms with Crippen LogP contribution in [-0.4, -0.2) is 28.9 Å². The first-order valence-electron chi connectivity index (χ1n) is 10.5. The lowest BCUT2D eigenvalue weighted by molar-refractivity contribution is -0.123. The number of nitrogens with zero attached hydrogens (tertiary/aromatic N) is 1. The van der Waals surface area contributed by atoms with Gasteiger partial charge < -0.3 is 15.6 Å². The Morgan fingerprint density at radius 1 is 1.22 bits per heavy atom. The predicted molar refractivity (Wildman–Crippen MR) is 101 cm³/mol. The van der Waals surface area contributed by atoms with E-state index in [2.05, 4.69) is 10.5 Å². The molecule has 0 saturated heterocycles. The number of nitrogens with two attached hydrogens (primary N) is 1. The first-order valence-corrected chi connectivity index (χ1v) is 10.5. The SMILES string of the molecule is C[C@H](N)CC(=O)NC1CCC2CC1CCC2CC(=O)c1cc(C2CC2)on1. The predicted octanol–water partition coefficient (Wildman–Crippen LogP) is 3.17. The summed E-state index contributed by atoms with van der Waals surface area (Å²) in [5.41, 5.74) is 6.24. The minimum absolute atomic E-state index is 0.0725. The van der Waals surface area contributed by atoms with Crippen LogP contribution in [0, 0.1) is 17.8 Å². The van der Waals surface area contributed by atoms with E-state index in [4.69, 9.17) is 10.3 Å². The molecule has 0 spiro atoms. The standard InChI is InChI=1S/C21H31N3O3/c1-12(22)8-21(26)23-17-7-6-14-9-16(17)5-4-15(14)10-19(25)18-11-20(27-24-18)13-2-3-13/h11-17H,2-10,22H2,1H3,(H,23,26)/t12-,14?,15?,16?,17?/m0/s1. The summed E-state index contributed by atoms with van der Waals surface area (Å²) >= 11 is 0. The summed E-state index contributed by atoms with van der Waals surface area (Å²) in [6.45, 7) is 1.86. The normalized spacial score (nSPS) is 31.3. The van der Waals surface area contributed by atoms with Gasteiger partial charge in [-0.15, -0.1) is 0 Å². The van der Waals surface area contributed by atoms with Crippen molar-refractivity contribution >= 4 is 11.7 Å². The Morgan fingerprint density at radius 3 is 2.74 bits per heavy atom. The van der Waals surface area contributed by atoms with Gasteiger partial charge in [-0.25, -0.2) is 0 Å². The van der Waals surface area contributed by atoms with Crippen LogP contribution in [-0.2, 0) is 4.79 Å². The van der Waals surface area contributed by atoms with E-state index in [9.17, 15) is 9.59 Å². The van der Waals surface area contributed by atoms with Crippen molar-refractivity contribution in [2.24, 2.45) is 23.5 Å². The van der Waals surface area contributed by atoms with Crippen LogP contribution in [0.3, 0.4) is 0 Å². The van der Waals surface area contributed by atoms with Crippen molar-refractivity contribution in [3.63, 3.8) is 0 Å². The second-order valence-electron chi connectivity index (χ2n) is 9.04. The van der Waals surface area contributed by atoms with Crippen LogP contribution in [0.5, 0.6) is 0 Å². The van der Waals surface area contributed by atoms with E-state index in [1.54, 1.807) is 0 Å². The summed E-state index contributed by atoms with van der Waals surface area (Å²) < 4.78 is 5.34. The number of amides is 1. The van der Waals surface area contributed by atoms with Gasteiger partial charge in [0.05, 0.1) is 0 Å². The van der Waals surface area contributed by atoms with Crippen molar-refractivity contribution in [2.75, 3.05) is 0 Å². The Bertz CT molecular complexity index is 695. The molecule has 3 saturated carbocycles. The highest BCUT2D eigenvalue weighted by molar-refractivity contribution is 5.94. The molecule has 3 aliphatic carbocycles. The lowest BCUT2D eigenvalue weighted by Crippen LogP contribution is -2.47. The van der Waals surface area contributed by atoms with Gasteiger partial charge in [-0.3, -0.25) is 9.59 Å². The highest BCUT2D eigenvalue weighted by atomic mass is 16.5. The van der Waals surface area contributed by atoms with Gasteiger partial charge in [-0.2, -0.15) is 0 Å². The highest BCUT2D eigenvalue weighted by Crippen LogP contribution is 2.45. The molecule has 5 atom stereocenters. The number of hydrogen-bond donors (Lipinski definition) is 2. The molecule has 0 aromatic carbocycles. The Kier molecular flexibility index (Phi) is 5.35. The van der Waals surface area contributed by atoms with Gasteiger partial charge in [-0.05, 0) is 69.6 Å². The zero-order chi connectivity index (χ0) is 19.0. The smallest absolute Gasteiger partial charge is 0.221 e. The fourth-order valence-electron chi connectivity index (χ4n) is 5.05. The fourth-order valence-corrected chi connectivity index (χ4v) is 5.05. The number of Topliss-reactive ketones (excluding diaryl/α,β-unsaturated/α-hetero) is 1. The summed E-state index contributed by atoms with van der Waals surface area (Å²) in [4.78, 5) is 24.7. The minimum Gasteiger partial charge on any atom is -0.360 e.